The number of nitrogens with one attached hydrogen (secondary N) is 1. The quantitative estimate of drug-likeness (QED) is 0.0244. The third-order valence-corrected chi connectivity index (χ3v) is 14.0. The maximum atomic E-state index is 13.3. The van der Waals surface area contributed by atoms with Crippen LogP contribution in [-0.2, 0) is 14.3 Å². The number of carbonyl (C=O) groups excluding carboxylic acids is 2. The Morgan fingerprint density at radius 1 is 0.426 bits per heavy atom. The Hall–Kier alpha value is -1.92. The van der Waals surface area contributed by atoms with Crippen molar-refractivity contribution < 1.29 is 24.5 Å². The molecule has 3 N–H and O–H groups in total. The molecule has 0 aromatic carbocycles. The summed E-state index contributed by atoms with van der Waals surface area (Å²) in [6.45, 7) is 6.51. The number of aliphatic hydroxyl groups is 2. The molecule has 0 aromatic rings. The molecule has 0 heterocycles. The summed E-state index contributed by atoms with van der Waals surface area (Å²) in [5, 5.41) is 23.9. The van der Waals surface area contributed by atoms with Gasteiger partial charge in [-0.25, -0.2) is 0 Å². The zero-order valence-electron chi connectivity index (χ0n) is 45.8. The topological polar surface area (TPSA) is 95.9 Å². The van der Waals surface area contributed by atoms with E-state index in [1.807, 2.05) is 0 Å². The fraction of sp³-hybridized carbons (Fsp3) is 0.871. The van der Waals surface area contributed by atoms with E-state index < -0.39 is 18.2 Å². The Morgan fingerprint density at radius 2 is 0.750 bits per heavy atom. The zero-order valence-corrected chi connectivity index (χ0v) is 45.8. The predicted octanol–water partition coefficient (Wildman–Crippen LogP) is 18.8. The van der Waals surface area contributed by atoms with Crippen LogP contribution >= 0.6 is 0 Å². The molecule has 6 heteroatoms. The number of aliphatic hydroxyl groups excluding tert-OH is 2. The number of hydrogen-bond donors (Lipinski definition) is 3. The third-order valence-electron chi connectivity index (χ3n) is 14.0. The van der Waals surface area contributed by atoms with Crippen LogP contribution in [0.5, 0.6) is 0 Å². The van der Waals surface area contributed by atoms with Crippen LogP contribution in [0.4, 0.5) is 0 Å². The largest absolute Gasteiger partial charge is 0.462 e. The second-order valence-electron chi connectivity index (χ2n) is 20.8. The van der Waals surface area contributed by atoms with Crippen molar-refractivity contribution in [2.24, 2.45) is 0 Å². The van der Waals surface area contributed by atoms with Gasteiger partial charge in [0.1, 0.15) is 6.10 Å². The summed E-state index contributed by atoms with van der Waals surface area (Å²) in [7, 11) is 0. The van der Waals surface area contributed by atoms with Gasteiger partial charge in [-0.1, -0.05) is 269 Å². The van der Waals surface area contributed by atoms with Crippen molar-refractivity contribution in [2.75, 3.05) is 6.61 Å². The highest BCUT2D eigenvalue weighted by Gasteiger charge is 2.24. The summed E-state index contributed by atoms with van der Waals surface area (Å²) in [5.41, 5.74) is 0. The highest BCUT2D eigenvalue weighted by atomic mass is 16.5. The number of unbranched alkanes of at least 4 members (excludes halogenated alkanes) is 38. The van der Waals surface area contributed by atoms with Gasteiger partial charge in [0.15, 0.2) is 0 Å². The first-order chi connectivity index (χ1) is 33.5. The fourth-order valence-electron chi connectivity index (χ4n) is 9.36. The molecule has 0 aliphatic rings. The van der Waals surface area contributed by atoms with Crippen molar-refractivity contribution in [3.05, 3.63) is 36.5 Å². The minimum absolute atomic E-state index is 0.0612. The lowest BCUT2D eigenvalue weighted by molar-refractivity contribution is -0.151. The molecule has 0 spiro atoms. The second kappa shape index (κ2) is 56.0. The molecule has 0 radical (unpaired) electrons. The second-order valence-corrected chi connectivity index (χ2v) is 20.8. The molecular formula is C62H117NO5. The third kappa shape index (κ3) is 50.5. The number of ether oxygens (including phenoxy) is 1. The van der Waals surface area contributed by atoms with Crippen molar-refractivity contribution >= 4 is 11.9 Å². The van der Waals surface area contributed by atoms with Gasteiger partial charge in [-0.3, -0.25) is 9.59 Å². The van der Waals surface area contributed by atoms with Gasteiger partial charge >= 0.3 is 5.97 Å². The number of amides is 1. The first-order valence-corrected chi connectivity index (χ1v) is 30.2. The minimum atomic E-state index is -0.795. The number of carbonyl (C=O) groups is 2. The van der Waals surface area contributed by atoms with Crippen LogP contribution in [0.1, 0.15) is 323 Å². The van der Waals surface area contributed by atoms with Gasteiger partial charge in [-0.15, -0.1) is 0 Å². The van der Waals surface area contributed by atoms with E-state index in [-0.39, 0.29) is 24.9 Å². The summed E-state index contributed by atoms with van der Waals surface area (Å²) >= 11 is 0. The van der Waals surface area contributed by atoms with Crippen LogP contribution in [-0.4, -0.2) is 46.9 Å². The lowest BCUT2D eigenvalue weighted by Gasteiger charge is -2.24. The van der Waals surface area contributed by atoms with Crippen LogP contribution in [0.25, 0.3) is 0 Å². The molecule has 0 aliphatic carbocycles. The van der Waals surface area contributed by atoms with Crippen LogP contribution in [0.2, 0.25) is 0 Å². The fourth-order valence-corrected chi connectivity index (χ4v) is 9.36. The average Bonchev–Trinajstić information content (AvgIpc) is 3.33. The number of rotatable bonds is 55. The highest BCUT2D eigenvalue weighted by molar-refractivity contribution is 5.77. The maximum Gasteiger partial charge on any atom is 0.306 e. The Kier molecular flexibility index (Phi) is 54.4. The average molecular weight is 957 g/mol. The van der Waals surface area contributed by atoms with Crippen molar-refractivity contribution in [3.63, 3.8) is 0 Å². The van der Waals surface area contributed by atoms with Gasteiger partial charge < -0.3 is 20.3 Å². The Balaban J connectivity index is 4.57. The standard InChI is InChI=1S/C62H117NO5/c1-4-7-10-13-16-19-22-25-28-31-34-37-40-43-46-49-52-55-62(67)68-58(53-50-47-44-41-38-35-32-29-26-23-20-17-14-11-8-5-2)56-61(66)63-59(57-64)60(65)54-51-48-45-42-39-36-33-30-27-24-21-18-15-12-9-6-3/h25,28-29,32,35,38,58-60,64-65H,4-24,26-27,30-31,33-34,36-37,39-57H2,1-3H3,(H,63,66)/b28-25+,32-29+,38-35+. The van der Waals surface area contributed by atoms with Gasteiger partial charge in [-0.2, -0.15) is 0 Å². The first kappa shape index (κ1) is 66.1. The van der Waals surface area contributed by atoms with Crippen LogP contribution in [0, 0.1) is 0 Å². The summed E-state index contributed by atoms with van der Waals surface area (Å²) in [5.74, 6) is -0.489. The van der Waals surface area contributed by atoms with E-state index in [2.05, 4.69) is 62.5 Å². The van der Waals surface area contributed by atoms with E-state index >= 15 is 0 Å². The van der Waals surface area contributed by atoms with Gasteiger partial charge in [0, 0.05) is 6.42 Å². The monoisotopic (exact) mass is 956 g/mol. The van der Waals surface area contributed by atoms with Crippen molar-refractivity contribution in [1.29, 1.82) is 0 Å². The molecular weight excluding hydrogens is 839 g/mol. The first-order valence-electron chi connectivity index (χ1n) is 30.2. The van der Waals surface area contributed by atoms with E-state index in [1.54, 1.807) is 0 Å². The highest BCUT2D eigenvalue weighted by Crippen LogP contribution is 2.18. The normalized spacial score (nSPS) is 13.3. The minimum Gasteiger partial charge on any atom is -0.462 e. The molecule has 1 amide bonds. The number of allylic oxidation sites excluding steroid dienone is 6. The smallest absolute Gasteiger partial charge is 0.306 e. The van der Waals surface area contributed by atoms with Gasteiger partial charge in [0.2, 0.25) is 5.91 Å². The van der Waals surface area contributed by atoms with Gasteiger partial charge in [-0.05, 0) is 77.0 Å². The molecule has 0 saturated heterocycles. The summed E-state index contributed by atoms with van der Waals surface area (Å²) < 4.78 is 5.96. The molecule has 0 bridgehead atoms. The van der Waals surface area contributed by atoms with Crippen molar-refractivity contribution in [2.45, 2.75) is 341 Å². The lowest BCUT2D eigenvalue weighted by atomic mass is 10.0. The van der Waals surface area contributed by atoms with Crippen LogP contribution in [0.3, 0.4) is 0 Å². The van der Waals surface area contributed by atoms with E-state index in [1.165, 1.54) is 205 Å². The summed E-state index contributed by atoms with van der Waals surface area (Å²) in [4.78, 5) is 26.3. The van der Waals surface area contributed by atoms with Gasteiger partial charge in [0.25, 0.3) is 0 Å². The van der Waals surface area contributed by atoms with Crippen LogP contribution in [0.15, 0.2) is 36.5 Å². The molecule has 400 valence electrons. The van der Waals surface area contributed by atoms with E-state index in [9.17, 15) is 19.8 Å². The molecule has 68 heavy (non-hydrogen) atoms. The Bertz CT molecular complexity index is 1120. The molecule has 3 unspecified atom stereocenters. The molecule has 0 aliphatic heterocycles. The van der Waals surface area contributed by atoms with E-state index in [0.29, 0.717) is 19.3 Å². The molecule has 6 nitrogen and oxygen atoms in total. The Labute approximate surface area is 424 Å². The number of esters is 1. The summed E-state index contributed by atoms with van der Waals surface area (Å²) in [6, 6.07) is -0.710. The van der Waals surface area contributed by atoms with E-state index in [4.69, 9.17) is 4.74 Å². The Morgan fingerprint density at radius 3 is 1.15 bits per heavy atom. The van der Waals surface area contributed by atoms with E-state index in [0.717, 1.165) is 70.6 Å². The number of hydrogen-bond acceptors (Lipinski definition) is 5. The SMILES string of the molecule is CCCCCCCC/C=C/CCCCCCCCCC(=O)OC(CCCCC/C=C/C=C/CCCCCCCCC)CC(=O)NC(CO)C(O)CCCCCCCCCCCCCCCCCC. The molecule has 3 atom stereocenters. The van der Waals surface area contributed by atoms with Gasteiger partial charge in [0.05, 0.1) is 25.2 Å². The predicted molar refractivity (Wildman–Crippen MR) is 296 cm³/mol. The lowest BCUT2D eigenvalue weighted by Crippen LogP contribution is -2.46. The summed E-state index contributed by atoms with van der Waals surface area (Å²) in [6.07, 6.45) is 67.8. The molecule has 0 fully saturated rings. The molecule has 0 saturated carbocycles. The molecule has 0 aromatic heterocycles. The van der Waals surface area contributed by atoms with Crippen LogP contribution < -0.4 is 5.32 Å². The van der Waals surface area contributed by atoms with Crippen molar-refractivity contribution in [3.8, 4) is 0 Å². The molecule has 0 rings (SSSR count). The maximum absolute atomic E-state index is 13.3. The zero-order chi connectivity index (χ0) is 49.5. The van der Waals surface area contributed by atoms with Crippen molar-refractivity contribution in [1.82, 2.24) is 5.32 Å².